The van der Waals surface area contributed by atoms with Crippen molar-refractivity contribution in [2.75, 3.05) is 7.11 Å². The lowest BCUT2D eigenvalue weighted by Crippen LogP contribution is -2.26. The Morgan fingerprint density at radius 3 is 2.33 bits per heavy atom. The van der Waals surface area contributed by atoms with E-state index >= 15 is 0 Å². The maximum absolute atomic E-state index is 12.5. The lowest BCUT2D eigenvalue weighted by molar-refractivity contribution is -0.384. The maximum Gasteiger partial charge on any atom is 0.272 e. The molecule has 0 saturated heterocycles. The van der Waals surface area contributed by atoms with Crippen molar-refractivity contribution in [2.45, 2.75) is 23.8 Å². The molecule has 0 radical (unpaired) electrons. The molecule has 1 N–H and O–H groups in total. The van der Waals surface area contributed by atoms with Gasteiger partial charge in [-0.1, -0.05) is 23.2 Å². The zero-order chi connectivity index (χ0) is 19.8. The van der Waals surface area contributed by atoms with Crippen LogP contribution in [0.25, 0.3) is 0 Å². The highest BCUT2D eigenvalue weighted by Crippen LogP contribution is 2.40. The van der Waals surface area contributed by atoms with Crippen molar-refractivity contribution in [3.63, 3.8) is 0 Å². The Balaban J connectivity index is 1.97. The minimum absolute atomic E-state index is 0.0207. The van der Waals surface area contributed by atoms with Gasteiger partial charge in [-0.2, -0.15) is 0 Å². The molecule has 0 spiro atoms. The van der Waals surface area contributed by atoms with Crippen LogP contribution in [0.4, 0.5) is 5.69 Å². The van der Waals surface area contributed by atoms with Crippen molar-refractivity contribution < 1.29 is 22.8 Å². The molecule has 2 aromatic carbocycles. The zero-order valence-electron chi connectivity index (χ0n) is 13.9. The fraction of sp³-hybridized carbons (Fsp3) is 0.250. The van der Waals surface area contributed by atoms with Crippen LogP contribution < -0.4 is 14.2 Å². The lowest BCUT2D eigenvalue weighted by Gasteiger charge is -2.14. The quantitative estimate of drug-likeness (QED) is 0.519. The van der Waals surface area contributed by atoms with E-state index in [1.54, 1.807) is 0 Å². The van der Waals surface area contributed by atoms with Crippen LogP contribution in [-0.2, 0) is 10.0 Å². The number of benzene rings is 2. The number of ether oxygens (including phenoxy) is 2. The first-order chi connectivity index (χ1) is 12.7. The molecular weight excluding hydrogens is 419 g/mol. The molecule has 0 aliphatic heterocycles. The molecule has 144 valence electrons. The summed E-state index contributed by atoms with van der Waals surface area (Å²) in [5, 5.41) is 10.7. The van der Waals surface area contributed by atoms with Crippen molar-refractivity contribution in [2.24, 2.45) is 0 Å². The van der Waals surface area contributed by atoms with E-state index in [1.807, 2.05) is 0 Å². The minimum atomic E-state index is -3.80. The van der Waals surface area contributed by atoms with Crippen LogP contribution >= 0.6 is 23.2 Å². The van der Waals surface area contributed by atoms with Crippen LogP contribution in [0, 0.1) is 10.1 Å². The fourth-order valence-electron chi connectivity index (χ4n) is 2.28. The summed E-state index contributed by atoms with van der Waals surface area (Å²) in [6.07, 6.45) is 1.57. The van der Waals surface area contributed by atoms with Crippen molar-refractivity contribution in [1.29, 1.82) is 0 Å². The van der Waals surface area contributed by atoms with Crippen LogP contribution in [0.3, 0.4) is 0 Å². The number of nitro benzene ring substituents is 1. The van der Waals surface area contributed by atoms with E-state index in [-0.39, 0.29) is 43.9 Å². The fourth-order valence-corrected chi connectivity index (χ4v) is 4.32. The van der Waals surface area contributed by atoms with E-state index < -0.39 is 14.9 Å². The summed E-state index contributed by atoms with van der Waals surface area (Å²) in [5.74, 6) is 0.258. The SMILES string of the molecule is COc1ccc(Oc2c(Cl)cc([N+](=O)[O-])cc2Cl)cc1S(=O)(=O)NC1CC1. The van der Waals surface area contributed by atoms with Gasteiger partial charge in [-0.05, 0) is 25.0 Å². The first kappa shape index (κ1) is 19.7. The smallest absolute Gasteiger partial charge is 0.272 e. The van der Waals surface area contributed by atoms with Crippen molar-refractivity contribution in [1.82, 2.24) is 4.72 Å². The predicted molar refractivity (Wildman–Crippen MR) is 99.5 cm³/mol. The van der Waals surface area contributed by atoms with E-state index in [0.717, 1.165) is 25.0 Å². The second kappa shape index (κ2) is 7.51. The standard InChI is InChI=1S/C16H14Cl2N2O6S/c1-25-14-5-4-11(8-15(14)27(23,24)19-9-2-3-9)26-16-12(17)6-10(20(21)22)7-13(16)18/h4-9,19H,2-3H2,1H3. The van der Waals surface area contributed by atoms with E-state index in [1.165, 1.54) is 25.3 Å². The van der Waals surface area contributed by atoms with E-state index in [2.05, 4.69) is 4.72 Å². The molecular formula is C16H14Cl2N2O6S. The summed E-state index contributed by atoms with van der Waals surface area (Å²) in [6, 6.07) is 6.30. The number of nitrogens with zero attached hydrogens (tertiary/aromatic N) is 1. The number of rotatable bonds is 7. The van der Waals surface area contributed by atoms with Gasteiger partial charge >= 0.3 is 0 Å². The summed E-state index contributed by atoms with van der Waals surface area (Å²) in [5.41, 5.74) is -0.288. The molecule has 2 aromatic rings. The molecule has 0 atom stereocenters. The molecule has 3 rings (SSSR count). The van der Waals surface area contributed by atoms with Crippen LogP contribution in [0.5, 0.6) is 17.2 Å². The summed E-state index contributed by atoms with van der Waals surface area (Å²) < 4.78 is 38.4. The molecule has 1 saturated carbocycles. The second-order valence-corrected chi connectivity index (χ2v) is 8.30. The third-order valence-corrected chi connectivity index (χ3v) is 5.84. The number of methoxy groups -OCH3 is 1. The first-order valence-electron chi connectivity index (χ1n) is 7.73. The van der Waals surface area contributed by atoms with Crippen molar-refractivity contribution >= 4 is 38.9 Å². The monoisotopic (exact) mass is 432 g/mol. The Bertz CT molecular complexity index is 985. The first-order valence-corrected chi connectivity index (χ1v) is 9.97. The van der Waals surface area contributed by atoms with Crippen molar-refractivity contribution in [3.05, 3.63) is 50.5 Å². The van der Waals surface area contributed by atoms with Crippen molar-refractivity contribution in [3.8, 4) is 17.2 Å². The van der Waals surface area contributed by atoms with Gasteiger partial charge in [0.05, 0.1) is 22.1 Å². The highest BCUT2D eigenvalue weighted by Gasteiger charge is 2.30. The van der Waals surface area contributed by atoms with E-state index in [4.69, 9.17) is 32.7 Å². The molecule has 0 bridgehead atoms. The van der Waals surface area contributed by atoms with Gasteiger partial charge < -0.3 is 9.47 Å². The molecule has 1 aliphatic rings. The van der Waals surface area contributed by atoms with Gasteiger partial charge in [0.25, 0.3) is 5.69 Å². The third kappa shape index (κ3) is 4.44. The van der Waals surface area contributed by atoms with Gasteiger partial charge in [0.15, 0.2) is 5.75 Å². The number of hydrogen-bond donors (Lipinski definition) is 1. The van der Waals surface area contributed by atoms with Crippen LogP contribution in [0.2, 0.25) is 10.0 Å². The number of non-ortho nitro benzene ring substituents is 1. The Morgan fingerprint density at radius 1 is 1.19 bits per heavy atom. The Labute approximate surface area is 165 Å². The summed E-state index contributed by atoms with van der Waals surface area (Å²) in [6.45, 7) is 0. The minimum Gasteiger partial charge on any atom is -0.495 e. The van der Waals surface area contributed by atoms with E-state index in [9.17, 15) is 18.5 Å². The topological polar surface area (TPSA) is 108 Å². The van der Waals surface area contributed by atoms with Gasteiger partial charge in [-0.25, -0.2) is 13.1 Å². The lowest BCUT2D eigenvalue weighted by atomic mass is 10.3. The molecule has 0 amide bonds. The molecule has 1 fully saturated rings. The highest BCUT2D eigenvalue weighted by atomic mass is 35.5. The van der Waals surface area contributed by atoms with Gasteiger partial charge in [0, 0.05) is 24.2 Å². The van der Waals surface area contributed by atoms with Crippen LogP contribution in [0.1, 0.15) is 12.8 Å². The summed E-state index contributed by atoms with van der Waals surface area (Å²) in [4.78, 5) is 10.1. The Morgan fingerprint density at radius 2 is 1.81 bits per heavy atom. The molecule has 8 nitrogen and oxygen atoms in total. The Kier molecular flexibility index (Phi) is 5.48. The van der Waals surface area contributed by atoms with Gasteiger partial charge in [0.1, 0.15) is 16.4 Å². The Hall–Kier alpha value is -2.07. The molecule has 0 aromatic heterocycles. The van der Waals surface area contributed by atoms with Gasteiger partial charge in [-0.15, -0.1) is 0 Å². The third-order valence-electron chi connectivity index (χ3n) is 3.74. The largest absolute Gasteiger partial charge is 0.495 e. The average Bonchev–Trinajstić information content (AvgIpc) is 3.41. The molecule has 0 heterocycles. The molecule has 0 unspecified atom stereocenters. The van der Waals surface area contributed by atoms with Crippen LogP contribution in [0.15, 0.2) is 35.2 Å². The molecule has 1 aliphatic carbocycles. The number of nitro groups is 1. The summed E-state index contributed by atoms with van der Waals surface area (Å²) in [7, 11) is -2.45. The maximum atomic E-state index is 12.5. The molecule has 27 heavy (non-hydrogen) atoms. The predicted octanol–water partition coefficient (Wildman–Crippen LogP) is 4.14. The average molecular weight is 433 g/mol. The highest BCUT2D eigenvalue weighted by molar-refractivity contribution is 7.89. The normalized spacial score (nSPS) is 14.0. The number of halogens is 2. The number of hydrogen-bond acceptors (Lipinski definition) is 6. The van der Waals surface area contributed by atoms with Gasteiger partial charge in [0.2, 0.25) is 10.0 Å². The number of nitrogens with one attached hydrogen (secondary N) is 1. The number of sulfonamides is 1. The van der Waals surface area contributed by atoms with Crippen LogP contribution in [-0.4, -0.2) is 26.5 Å². The molecule has 11 heteroatoms. The zero-order valence-corrected chi connectivity index (χ0v) is 16.3. The summed E-state index contributed by atoms with van der Waals surface area (Å²) >= 11 is 12.0. The van der Waals surface area contributed by atoms with Gasteiger partial charge in [-0.3, -0.25) is 10.1 Å². The van der Waals surface area contributed by atoms with E-state index in [0.29, 0.717) is 0 Å². The second-order valence-electron chi connectivity index (χ2n) is 5.81.